The van der Waals surface area contributed by atoms with Crippen molar-refractivity contribution in [1.29, 1.82) is 0 Å². The maximum Gasteiger partial charge on any atom is 0.261 e. The summed E-state index contributed by atoms with van der Waals surface area (Å²) >= 11 is 0. The molecule has 0 unspecified atom stereocenters. The fourth-order valence-electron chi connectivity index (χ4n) is 2.81. The molecule has 0 spiro atoms. The van der Waals surface area contributed by atoms with E-state index in [1.165, 1.54) is 30.3 Å². The van der Waals surface area contributed by atoms with E-state index >= 15 is 0 Å². The molecule has 2 aromatic carbocycles. The third-order valence-electron chi connectivity index (χ3n) is 4.38. The van der Waals surface area contributed by atoms with Crippen LogP contribution in [0, 0.1) is 5.82 Å². The Morgan fingerprint density at radius 2 is 1.79 bits per heavy atom. The first-order chi connectivity index (χ1) is 13.3. The van der Waals surface area contributed by atoms with Crippen molar-refractivity contribution in [2.75, 3.05) is 4.72 Å². The number of sulfonamides is 1. The van der Waals surface area contributed by atoms with E-state index in [1.54, 1.807) is 0 Å². The predicted molar refractivity (Wildman–Crippen MR) is 102 cm³/mol. The van der Waals surface area contributed by atoms with E-state index < -0.39 is 27.3 Å². The molecule has 3 aromatic rings. The quantitative estimate of drug-likeness (QED) is 0.610. The summed E-state index contributed by atoms with van der Waals surface area (Å²) in [6.45, 7) is 0. The summed E-state index contributed by atoms with van der Waals surface area (Å²) in [6, 6.07) is 10.2. The lowest BCUT2D eigenvalue weighted by Gasteiger charge is -2.11. The van der Waals surface area contributed by atoms with Crippen LogP contribution in [0.3, 0.4) is 0 Å². The molecule has 0 aliphatic heterocycles. The van der Waals surface area contributed by atoms with E-state index in [9.17, 15) is 22.4 Å². The van der Waals surface area contributed by atoms with Gasteiger partial charge in [-0.3, -0.25) is 14.3 Å². The van der Waals surface area contributed by atoms with E-state index in [-0.39, 0.29) is 22.2 Å². The van der Waals surface area contributed by atoms with Crippen LogP contribution in [-0.4, -0.2) is 25.4 Å². The Hall–Kier alpha value is -3.20. The number of halogens is 1. The molecule has 4 rings (SSSR count). The van der Waals surface area contributed by atoms with Crippen LogP contribution in [0.5, 0.6) is 0 Å². The Morgan fingerprint density at radius 3 is 2.46 bits per heavy atom. The zero-order valence-corrected chi connectivity index (χ0v) is 15.3. The van der Waals surface area contributed by atoms with Crippen LogP contribution in [0.15, 0.2) is 58.2 Å². The molecule has 0 bridgehead atoms. The van der Waals surface area contributed by atoms with Gasteiger partial charge in [-0.15, -0.1) is 0 Å². The molecule has 1 amide bonds. The summed E-state index contributed by atoms with van der Waals surface area (Å²) in [5.41, 5.74) is 0.224. The number of hydrogen-bond acceptors (Lipinski definition) is 4. The largest absolute Gasteiger partial charge is 0.349 e. The standard InChI is InChI=1S/C19H16FN3O4S/c20-11-1-3-13(4-2-11)23-28(26,27)14-7-8-17-15(9-14)16(10-18(24)22-17)19(25)21-12-5-6-12/h1-4,7-10,12,23H,5-6H2,(H,21,25)(H,22,24). The van der Waals surface area contributed by atoms with E-state index in [1.807, 2.05) is 0 Å². The van der Waals surface area contributed by atoms with Gasteiger partial charge in [-0.25, -0.2) is 12.8 Å². The molecule has 144 valence electrons. The van der Waals surface area contributed by atoms with Crippen LogP contribution in [0.25, 0.3) is 10.9 Å². The summed E-state index contributed by atoms with van der Waals surface area (Å²) in [5, 5.41) is 3.12. The molecule has 3 N–H and O–H groups in total. The highest BCUT2D eigenvalue weighted by Crippen LogP contribution is 2.24. The Morgan fingerprint density at radius 1 is 1.07 bits per heavy atom. The number of H-pyrrole nitrogens is 1. The summed E-state index contributed by atoms with van der Waals surface area (Å²) in [5.74, 6) is -0.899. The molecule has 7 nitrogen and oxygen atoms in total. The Kier molecular flexibility index (Phi) is 4.38. The Balaban J connectivity index is 1.75. The lowest BCUT2D eigenvalue weighted by molar-refractivity contribution is 0.0952. The number of hydrogen-bond donors (Lipinski definition) is 3. The fraction of sp³-hybridized carbons (Fsp3) is 0.158. The van der Waals surface area contributed by atoms with Gasteiger partial charge in [-0.1, -0.05) is 0 Å². The SMILES string of the molecule is O=C(NC1CC1)c1cc(=O)[nH]c2ccc(S(=O)(=O)Nc3ccc(F)cc3)cc12. The minimum absolute atomic E-state index is 0.0863. The van der Waals surface area contributed by atoms with Crippen LogP contribution in [-0.2, 0) is 10.0 Å². The van der Waals surface area contributed by atoms with Crippen molar-refractivity contribution in [2.45, 2.75) is 23.8 Å². The van der Waals surface area contributed by atoms with Crippen LogP contribution in [0.1, 0.15) is 23.2 Å². The van der Waals surface area contributed by atoms with E-state index in [0.717, 1.165) is 31.0 Å². The number of aromatic amines is 1. The van der Waals surface area contributed by atoms with Gasteiger partial charge in [0, 0.05) is 28.7 Å². The second-order valence-electron chi connectivity index (χ2n) is 6.61. The zero-order chi connectivity index (χ0) is 19.9. The van der Waals surface area contributed by atoms with E-state index in [4.69, 9.17) is 0 Å². The number of rotatable bonds is 5. The normalized spacial score (nSPS) is 14.0. The molecule has 1 fully saturated rings. The summed E-state index contributed by atoms with van der Waals surface area (Å²) in [7, 11) is -3.98. The van der Waals surface area contributed by atoms with Crippen molar-refractivity contribution in [3.8, 4) is 0 Å². The number of fused-ring (bicyclic) bond motifs is 1. The summed E-state index contributed by atoms with van der Waals surface area (Å²) in [6.07, 6.45) is 1.77. The first kappa shape index (κ1) is 18.2. The molecular weight excluding hydrogens is 385 g/mol. The van der Waals surface area contributed by atoms with Crippen molar-refractivity contribution in [1.82, 2.24) is 10.3 Å². The minimum Gasteiger partial charge on any atom is -0.349 e. The molecule has 9 heteroatoms. The number of carbonyl (C=O) groups is 1. The molecule has 0 radical (unpaired) electrons. The number of anilines is 1. The minimum atomic E-state index is -3.98. The van der Waals surface area contributed by atoms with Gasteiger partial charge in [-0.2, -0.15) is 0 Å². The maximum absolute atomic E-state index is 13.0. The molecule has 28 heavy (non-hydrogen) atoms. The number of amides is 1. The Bertz CT molecular complexity index is 1230. The third-order valence-corrected chi connectivity index (χ3v) is 5.76. The van der Waals surface area contributed by atoms with Crippen molar-refractivity contribution in [3.63, 3.8) is 0 Å². The number of aromatic nitrogens is 1. The first-order valence-electron chi connectivity index (χ1n) is 8.58. The Labute approximate surface area is 159 Å². The number of pyridine rings is 1. The van der Waals surface area contributed by atoms with Crippen molar-refractivity contribution in [2.24, 2.45) is 0 Å². The van der Waals surface area contributed by atoms with E-state index in [0.29, 0.717) is 10.9 Å². The highest BCUT2D eigenvalue weighted by molar-refractivity contribution is 7.92. The second kappa shape index (κ2) is 6.75. The first-order valence-corrected chi connectivity index (χ1v) is 10.1. The third kappa shape index (κ3) is 3.74. The molecule has 1 aliphatic carbocycles. The molecule has 1 aromatic heterocycles. The highest BCUT2D eigenvalue weighted by atomic mass is 32.2. The molecule has 1 aliphatic rings. The topological polar surface area (TPSA) is 108 Å². The molecule has 0 saturated heterocycles. The van der Waals surface area contributed by atoms with Crippen LogP contribution in [0.4, 0.5) is 10.1 Å². The van der Waals surface area contributed by atoms with Gasteiger partial charge < -0.3 is 10.3 Å². The lowest BCUT2D eigenvalue weighted by Crippen LogP contribution is -2.27. The fourth-order valence-corrected chi connectivity index (χ4v) is 3.90. The molecule has 1 saturated carbocycles. The number of nitrogens with one attached hydrogen (secondary N) is 3. The van der Waals surface area contributed by atoms with Crippen LogP contribution in [0.2, 0.25) is 0 Å². The maximum atomic E-state index is 13.0. The van der Waals surface area contributed by atoms with Gasteiger partial charge in [0.1, 0.15) is 5.82 Å². The van der Waals surface area contributed by atoms with Crippen molar-refractivity contribution < 1.29 is 17.6 Å². The highest BCUT2D eigenvalue weighted by Gasteiger charge is 2.25. The average Bonchev–Trinajstić information content (AvgIpc) is 3.46. The lowest BCUT2D eigenvalue weighted by atomic mass is 10.1. The monoisotopic (exact) mass is 401 g/mol. The van der Waals surface area contributed by atoms with Gasteiger partial charge in [0.25, 0.3) is 15.9 Å². The molecular formula is C19H16FN3O4S. The van der Waals surface area contributed by atoms with Crippen molar-refractivity contribution >= 4 is 32.5 Å². The molecule has 1 heterocycles. The van der Waals surface area contributed by atoms with Crippen LogP contribution >= 0.6 is 0 Å². The average molecular weight is 401 g/mol. The summed E-state index contributed by atoms with van der Waals surface area (Å²) < 4.78 is 40.8. The van der Waals surface area contributed by atoms with Gasteiger partial charge in [0.15, 0.2) is 0 Å². The number of benzene rings is 2. The van der Waals surface area contributed by atoms with Crippen molar-refractivity contribution in [3.05, 3.63) is 70.3 Å². The van der Waals surface area contributed by atoms with Crippen LogP contribution < -0.4 is 15.6 Å². The smallest absolute Gasteiger partial charge is 0.261 e. The molecule has 0 atom stereocenters. The second-order valence-corrected chi connectivity index (χ2v) is 8.30. The number of carbonyl (C=O) groups excluding carboxylic acids is 1. The van der Waals surface area contributed by atoms with E-state index in [2.05, 4.69) is 15.0 Å². The van der Waals surface area contributed by atoms with Gasteiger partial charge in [0.05, 0.1) is 10.5 Å². The predicted octanol–water partition coefficient (Wildman–Crippen LogP) is 2.36. The summed E-state index contributed by atoms with van der Waals surface area (Å²) in [4.78, 5) is 26.9. The van der Waals surface area contributed by atoms with Gasteiger partial charge >= 0.3 is 0 Å². The zero-order valence-electron chi connectivity index (χ0n) is 14.5. The van der Waals surface area contributed by atoms with Gasteiger partial charge in [0.2, 0.25) is 5.56 Å². The van der Waals surface area contributed by atoms with Gasteiger partial charge in [-0.05, 0) is 55.3 Å².